The largest absolute Gasteiger partial charge is 0.484 e. The molecule has 0 aliphatic heterocycles. The molecule has 2 aromatic rings. The van der Waals surface area contributed by atoms with Crippen LogP contribution < -0.4 is 4.74 Å². The Morgan fingerprint density at radius 1 is 1.39 bits per heavy atom. The van der Waals surface area contributed by atoms with Crippen molar-refractivity contribution in [1.82, 2.24) is 9.55 Å². The maximum absolute atomic E-state index is 13.7. The molecule has 1 heterocycles. The van der Waals surface area contributed by atoms with E-state index >= 15 is 0 Å². The highest BCUT2D eigenvalue weighted by Gasteiger charge is 2.09. The molecule has 0 aliphatic rings. The fraction of sp³-hybridized carbons (Fsp3) is 0.357. The van der Waals surface area contributed by atoms with Crippen LogP contribution in [0.3, 0.4) is 0 Å². The van der Waals surface area contributed by atoms with E-state index in [-0.39, 0.29) is 11.6 Å². The molecular weight excluding hydrogens is 231 g/mol. The van der Waals surface area contributed by atoms with Gasteiger partial charge in [-0.15, -0.1) is 0 Å². The van der Waals surface area contributed by atoms with Crippen molar-refractivity contribution in [3.63, 3.8) is 0 Å². The second-order valence-electron chi connectivity index (χ2n) is 4.56. The quantitative estimate of drug-likeness (QED) is 0.828. The number of ether oxygens (including phenoxy) is 1. The minimum absolute atomic E-state index is 0.284. The third-order valence-electron chi connectivity index (χ3n) is 2.83. The fourth-order valence-corrected chi connectivity index (χ4v) is 1.79. The molecular formula is C14H17FN2O. The second-order valence-corrected chi connectivity index (χ2v) is 4.56. The zero-order valence-corrected chi connectivity index (χ0v) is 10.9. The van der Waals surface area contributed by atoms with Crippen molar-refractivity contribution in [2.75, 3.05) is 0 Å². The summed E-state index contributed by atoms with van der Waals surface area (Å²) in [5.74, 6) is -0.0142. The molecule has 0 amide bonds. The molecule has 18 heavy (non-hydrogen) atoms. The SMILES string of the molecule is Cc1cccc(OCc2cncn2C(C)C)c1F. The van der Waals surface area contributed by atoms with E-state index < -0.39 is 0 Å². The molecule has 0 bridgehead atoms. The number of hydrogen-bond acceptors (Lipinski definition) is 2. The van der Waals surface area contributed by atoms with Crippen LogP contribution in [0, 0.1) is 12.7 Å². The van der Waals surface area contributed by atoms with Gasteiger partial charge >= 0.3 is 0 Å². The van der Waals surface area contributed by atoms with Crippen LogP contribution in [0.1, 0.15) is 31.1 Å². The molecule has 0 fully saturated rings. The van der Waals surface area contributed by atoms with Gasteiger partial charge in [0, 0.05) is 6.04 Å². The van der Waals surface area contributed by atoms with Gasteiger partial charge in [-0.05, 0) is 32.4 Å². The van der Waals surface area contributed by atoms with Crippen molar-refractivity contribution in [1.29, 1.82) is 0 Å². The molecule has 0 spiro atoms. The lowest BCUT2D eigenvalue weighted by atomic mass is 10.2. The smallest absolute Gasteiger partial charge is 0.167 e. The van der Waals surface area contributed by atoms with Gasteiger partial charge < -0.3 is 9.30 Å². The first-order valence-corrected chi connectivity index (χ1v) is 5.98. The first-order valence-electron chi connectivity index (χ1n) is 5.98. The summed E-state index contributed by atoms with van der Waals surface area (Å²) >= 11 is 0. The molecule has 0 atom stereocenters. The highest BCUT2D eigenvalue weighted by molar-refractivity contribution is 5.30. The Labute approximate surface area is 106 Å². The van der Waals surface area contributed by atoms with Crippen LogP contribution >= 0.6 is 0 Å². The number of aromatic nitrogens is 2. The molecule has 3 nitrogen and oxygen atoms in total. The van der Waals surface area contributed by atoms with Gasteiger partial charge in [-0.25, -0.2) is 9.37 Å². The van der Waals surface area contributed by atoms with Crippen LogP contribution in [0.15, 0.2) is 30.7 Å². The molecule has 96 valence electrons. The van der Waals surface area contributed by atoms with Gasteiger partial charge in [0.05, 0.1) is 18.2 Å². The Balaban J connectivity index is 2.12. The minimum atomic E-state index is -0.298. The van der Waals surface area contributed by atoms with Crippen LogP contribution in [-0.4, -0.2) is 9.55 Å². The number of hydrogen-bond donors (Lipinski definition) is 0. The average molecular weight is 248 g/mol. The molecule has 0 radical (unpaired) electrons. The van der Waals surface area contributed by atoms with Gasteiger partial charge in [0.25, 0.3) is 0 Å². The molecule has 0 N–H and O–H groups in total. The van der Waals surface area contributed by atoms with Crippen molar-refractivity contribution < 1.29 is 9.13 Å². The lowest BCUT2D eigenvalue weighted by Crippen LogP contribution is -2.07. The predicted octanol–water partition coefficient (Wildman–Crippen LogP) is 3.49. The Hall–Kier alpha value is -1.84. The summed E-state index contributed by atoms with van der Waals surface area (Å²) in [6.45, 7) is 6.18. The van der Waals surface area contributed by atoms with Crippen LogP contribution in [0.5, 0.6) is 5.75 Å². The van der Waals surface area contributed by atoms with Gasteiger partial charge in [0.1, 0.15) is 6.61 Å². The van der Waals surface area contributed by atoms with E-state index in [0.717, 1.165) is 5.69 Å². The van der Waals surface area contributed by atoms with E-state index in [4.69, 9.17) is 4.74 Å². The Morgan fingerprint density at radius 2 is 2.17 bits per heavy atom. The van der Waals surface area contributed by atoms with Crippen molar-refractivity contribution >= 4 is 0 Å². The van der Waals surface area contributed by atoms with Crippen molar-refractivity contribution in [3.05, 3.63) is 47.8 Å². The number of aryl methyl sites for hydroxylation is 1. The maximum Gasteiger partial charge on any atom is 0.167 e. The van der Waals surface area contributed by atoms with Gasteiger partial charge in [-0.3, -0.25) is 0 Å². The summed E-state index contributed by atoms with van der Waals surface area (Å²) in [7, 11) is 0. The molecule has 4 heteroatoms. The number of halogens is 1. The first-order chi connectivity index (χ1) is 8.59. The Bertz CT molecular complexity index is 534. The zero-order chi connectivity index (χ0) is 13.1. The number of imidazole rings is 1. The van der Waals surface area contributed by atoms with Crippen molar-refractivity contribution in [3.8, 4) is 5.75 Å². The summed E-state index contributed by atoms with van der Waals surface area (Å²) < 4.78 is 21.3. The van der Waals surface area contributed by atoms with Gasteiger partial charge in [0.2, 0.25) is 0 Å². The standard InChI is InChI=1S/C14H17FN2O/c1-10(2)17-9-16-7-12(17)8-18-13-6-4-5-11(3)14(13)15/h4-7,9-10H,8H2,1-3H3. The number of nitrogens with zero attached hydrogens (tertiary/aromatic N) is 2. The summed E-state index contributed by atoms with van der Waals surface area (Å²) in [5.41, 5.74) is 1.52. The van der Waals surface area contributed by atoms with E-state index in [9.17, 15) is 4.39 Å². The van der Waals surface area contributed by atoms with E-state index in [2.05, 4.69) is 18.8 Å². The van der Waals surface area contributed by atoms with Gasteiger partial charge in [0.15, 0.2) is 11.6 Å². The summed E-state index contributed by atoms with van der Waals surface area (Å²) in [6.07, 6.45) is 3.50. The van der Waals surface area contributed by atoms with E-state index in [1.807, 2.05) is 4.57 Å². The minimum Gasteiger partial charge on any atom is -0.484 e. The zero-order valence-electron chi connectivity index (χ0n) is 10.9. The third-order valence-corrected chi connectivity index (χ3v) is 2.83. The Kier molecular flexibility index (Phi) is 3.65. The van der Waals surface area contributed by atoms with E-state index in [1.165, 1.54) is 0 Å². The van der Waals surface area contributed by atoms with Crippen LogP contribution in [0.25, 0.3) is 0 Å². The summed E-state index contributed by atoms with van der Waals surface area (Å²) in [6, 6.07) is 5.46. The topological polar surface area (TPSA) is 27.1 Å². The maximum atomic E-state index is 13.7. The molecule has 1 aromatic heterocycles. The third kappa shape index (κ3) is 2.53. The van der Waals surface area contributed by atoms with Crippen LogP contribution in [0.4, 0.5) is 4.39 Å². The second kappa shape index (κ2) is 5.21. The lowest BCUT2D eigenvalue weighted by Gasteiger charge is -2.13. The van der Waals surface area contributed by atoms with Crippen molar-refractivity contribution in [2.24, 2.45) is 0 Å². The predicted molar refractivity (Wildman–Crippen MR) is 68.1 cm³/mol. The molecule has 0 unspecified atom stereocenters. The van der Waals surface area contributed by atoms with Crippen molar-refractivity contribution in [2.45, 2.75) is 33.4 Å². The molecule has 1 aromatic carbocycles. The van der Waals surface area contributed by atoms with E-state index in [1.54, 1.807) is 37.6 Å². The van der Waals surface area contributed by atoms with Gasteiger partial charge in [-0.2, -0.15) is 0 Å². The normalized spacial score (nSPS) is 10.9. The van der Waals surface area contributed by atoms with E-state index in [0.29, 0.717) is 18.2 Å². The molecule has 0 saturated carbocycles. The number of rotatable bonds is 4. The number of benzene rings is 1. The fourth-order valence-electron chi connectivity index (χ4n) is 1.79. The first kappa shape index (κ1) is 12.6. The molecule has 0 saturated heterocycles. The van der Waals surface area contributed by atoms with Gasteiger partial charge in [-0.1, -0.05) is 12.1 Å². The van der Waals surface area contributed by atoms with Crippen LogP contribution in [0.2, 0.25) is 0 Å². The molecule has 2 rings (SSSR count). The monoisotopic (exact) mass is 248 g/mol. The lowest BCUT2D eigenvalue weighted by molar-refractivity contribution is 0.277. The Morgan fingerprint density at radius 3 is 2.89 bits per heavy atom. The summed E-state index contributed by atoms with van der Waals surface area (Å²) in [5, 5.41) is 0. The highest BCUT2D eigenvalue weighted by atomic mass is 19.1. The highest BCUT2D eigenvalue weighted by Crippen LogP contribution is 2.21. The molecule has 0 aliphatic carbocycles. The average Bonchev–Trinajstić information content (AvgIpc) is 2.79. The summed E-state index contributed by atoms with van der Waals surface area (Å²) in [4.78, 5) is 4.08. The van der Waals surface area contributed by atoms with Crippen LogP contribution in [-0.2, 0) is 6.61 Å².